The number of hydrogen-bond donors (Lipinski definition) is 2. The lowest BCUT2D eigenvalue weighted by Crippen LogP contribution is -2.51. The fourth-order valence-corrected chi connectivity index (χ4v) is 4.00. The van der Waals surface area contributed by atoms with E-state index >= 15 is 0 Å². The number of rotatable bonds is 7. The van der Waals surface area contributed by atoms with E-state index in [2.05, 4.69) is 34.9 Å². The van der Waals surface area contributed by atoms with E-state index in [1.54, 1.807) is 13.8 Å². The van der Waals surface area contributed by atoms with Gasteiger partial charge in [0.2, 0.25) is 0 Å². The van der Waals surface area contributed by atoms with E-state index in [1.165, 1.54) is 17.7 Å². The number of hydrogen-bond acceptors (Lipinski definition) is 3. The van der Waals surface area contributed by atoms with E-state index in [9.17, 15) is 13.6 Å². The Kier molecular flexibility index (Phi) is 5.54. The van der Waals surface area contributed by atoms with Crippen LogP contribution in [0.2, 0.25) is 0 Å². The molecule has 0 radical (unpaired) electrons. The van der Waals surface area contributed by atoms with Gasteiger partial charge in [0.15, 0.2) is 11.6 Å². The van der Waals surface area contributed by atoms with E-state index in [0.29, 0.717) is 31.0 Å². The van der Waals surface area contributed by atoms with E-state index in [1.807, 2.05) is 11.0 Å². The van der Waals surface area contributed by atoms with Crippen LogP contribution in [-0.2, 0) is 0 Å². The zero-order valence-corrected chi connectivity index (χ0v) is 16.8. The van der Waals surface area contributed by atoms with Gasteiger partial charge in [0.1, 0.15) is 0 Å². The van der Waals surface area contributed by atoms with Crippen molar-refractivity contribution in [2.24, 2.45) is 5.92 Å². The Morgan fingerprint density at radius 2 is 1.83 bits per heavy atom. The predicted octanol–water partition coefficient (Wildman–Crippen LogP) is 3.68. The highest BCUT2D eigenvalue weighted by molar-refractivity contribution is 5.95. The van der Waals surface area contributed by atoms with Crippen LogP contribution in [0.15, 0.2) is 42.5 Å². The van der Waals surface area contributed by atoms with Crippen LogP contribution in [0.1, 0.15) is 42.1 Å². The number of halogens is 2. The van der Waals surface area contributed by atoms with Gasteiger partial charge in [0.25, 0.3) is 5.91 Å². The summed E-state index contributed by atoms with van der Waals surface area (Å²) in [7, 11) is 0. The van der Waals surface area contributed by atoms with Crippen LogP contribution in [0.3, 0.4) is 0 Å². The summed E-state index contributed by atoms with van der Waals surface area (Å²) in [6.07, 6.45) is 1.15. The van der Waals surface area contributed by atoms with Crippen molar-refractivity contribution in [3.63, 3.8) is 0 Å². The second kappa shape index (κ2) is 8.11. The Morgan fingerprint density at radius 3 is 2.52 bits per heavy atom. The van der Waals surface area contributed by atoms with Crippen LogP contribution in [-0.4, -0.2) is 37.6 Å². The lowest BCUT2D eigenvalue weighted by atomic mass is 9.98. The molecule has 29 heavy (non-hydrogen) atoms. The minimum absolute atomic E-state index is 0.138. The van der Waals surface area contributed by atoms with Crippen LogP contribution in [0.4, 0.5) is 14.5 Å². The van der Waals surface area contributed by atoms with Gasteiger partial charge in [-0.15, -0.1) is 0 Å². The number of nitrogens with zero attached hydrogens (tertiary/aromatic N) is 1. The zero-order chi connectivity index (χ0) is 20.5. The van der Waals surface area contributed by atoms with Crippen molar-refractivity contribution in [2.45, 2.75) is 38.3 Å². The first kappa shape index (κ1) is 19.8. The number of benzene rings is 2. The first-order chi connectivity index (χ1) is 13.9. The summed E-state index contributed by atoms with van der Waals surface area (Å²) in [5.74, 6) is -1.61. The molecule has 4 nitrogen and oxygen atoms in total. The van der Waals surface area contributed by atoms with Gasteiger partial charge < -0.3 is 15.5 Å². The molecule has 2 atom stereocenters. The minimum atomic E-state index is -1.08. The van der Waals surface area contributed by atoms with Gasteiger partial charge in [-0.05, 0) is 38.0 Å². The maximum absolute atomic E-state index is 14.5. The van der Waals surface area contributed by atoms with Crippen molar-refractivity contribution >= 4 is 11.6 Å². The predicted molar refractivity (Wildman–Crippen MR) is 110 cm³/mol. The Bertz CT molecular complexity index is 881. The third-order valence-corrected chi connectivity index (χ3v) is 5.71. The first-order valence-corrected chi connectivity index (χ1v) is 10.3. The lowest BCUT2D eigenvalue weighted by molar-refractivity contribution is 0.0938. The van der Waals surface area contributed by atoms with Crippen molar-refractivity contribution in [3.05, 3.63) is 65.2 Å². The summed E-state index contributed by atoms with van der Waals surface area (Å²) in [5, 5.41) is 6.19. The normalized spacial score (nSPS) is 21.2. The molecule has 2 fully saturated rings. The Balaban J connectivity index is 1.28. The maximum atomic E-state index is 14.5. The molecule has 2 N–H and O–H groups in total. The Labute approximate surface area is 170 Å². The van der Waals surface area contributed by atoms with Crippen molar-refractivity contribution in [1.29, 1.82) is 0 Å². The number of anilines is 1. The molecule has 0 unspecified atom stereocenters. The van der Waals surface area contributed by atoms with Crippen LogP contribution in [0.25, 0.3) is 0 Å². The summed E-state index contributed by atoms with van der Waals surface area (Å²) in [4.78, 5) is 13.8. The molecule has 1 heterocycles. The quantitative estimate of drug-likeness (QED) is 0.747. The van der Waals surface area contributed by atoms with Crippen molar-refractivity contribution in [1.82, 2.24) is 10.6 Å². The van der Waals surface area contributed by atoms with Crippen molar-refractivity contribution in [3.8, 4) is 0 Å². The summed E-state index contributed by atoms with van der Waals surface area (Å²) in [6, 6.07) is 13.7. The number of amides is 1. The molecule has 2 aliphatic rings. The molecule has 6 heteroatoms. The summed E-state index contributed by atoms with van der Waals surface area (Å²) in [6.45, 7) is 5.80. The molecule has 154 valence electrons. The largest absolute Gasteiger partial charge is 0.368 e. The highest BCUT2D eigenvalue weighted by atomic mass is 19.2. The third kappa shape index (κ3) is 4.27. The molecular weight excluding hydrogens is 372 g/mol. The summed E-state index contributed by atoms with van der Waals surface area (Å²) >= 11 is 0. The molecule has 0 aromatic heterocycles. The SMILES string of the molecule is CC(C)NC(=O)c1ccc(N2CC(CN[C@@H]3C[C@H]3c3ccccc3)C2)c(F)c1F. The highest BCUT2D eigenvalue weighted by Gasteiger charge is 2.39. The third-order valence-electron chi connectivity index (χ3n) is 5.71. The van der Waals surface area contributed by atoms with E-state index < -0.39 is 17.5 Å². The van der Waals surface area contributed by atoms with Crippen molar-refractivity contribution in [2.75, 3.05) is 24.5 Å². The molecule has 2 aromatic carbocycles. The standard InChI is InChI=1S/C23H27F2N3O/c1-14(2)27-23(29)17-8-9-20(22(25)21(17)24)28-12-15(13-28)11-26-19-10-18(19)16-6-4-3-5-7-16/h3-9,14-15,18-19,26H,10-13H2,1-2H3,(H,27,29)/t18-,19+/m0/s1. The number of carbonyl (C=O) groups is 1. The van der Waals surface area contributed by atoms with Gasteiger partial charge in [0, 0.05) is 43.6 Å². The average Bonchev–Trinajstić information content (AvgIpc) is 3.43. The molecule has 1 amide bonds. The van der Waals surface area contributed by atoms with E-state index in [0.717, 1.165) is 13.0 Å². The second-order valence-corrected chi connectivity index (χ2v) is 8.43. The fourth-order valence-electron chi connectivity index (χ4n) is 4.00. The Morgan fingerprint density at radius 1 is 1.10 bits per heavy atom. The molecule has 4 rings (SSSR count). The van der Waals surface area contributed by atoms with E-state index in [4.69, 9.17) is 0 Å². The molecule has 0 spiro atoms. The van der Waals surface area contributed by atoms with Crippen LogP contribution < -0.4 is 15.5 Å². The smallest absolute Gasteiger partial charge is 0.254 e. The Hall–Kier alpha value is -2.47. The molecule has 2 aromatic rings. The van der Waals surface area contributed by atoms with Crippen molar-refractivity contribution < 1.29 is 13.6 Å². The van der Waals surface area contributed by atoms with Crippen LogP contribution in [0, 0.1) is 17.6 Å². The summed E-state index contributed by atoms with van der Waals surface area (Å²) < 4.78 is 28.9. The van der Waals surface area contributed by atoms with Crippen LogP contribution >= 0.6 is 0 Å². The second-order valence-electron chi connectivity index (χ2n) is 8.43. The molecule has 1 aliphatic carbocycles. The maximum Gasteiger partial charge on any atom is 0.254 e. The molecular formula is C23H27F2N3O. The number of carbonyl (C=O) groups excluding carboxylic acids is 1. The van der Waals surface area contributed by atoms with E-state index in [-0.39, 0.29) is 17.3 Å². The van der Waals surface area contributed by atoms with Gasteiger partial charge in [-0.1, -0.05) is 30.3 Å². The first-order valence-electron chi connectivity index (χ1n) is 10.3. The molecule has 1 saturated carbocycles. The fraction of sp³-hybridized carbons (Fsp3) is 0.435. The topological polar surface area (TPSA) is 44.4 Å². The molecule has 1 saturated heterocycles. The molecule has 0 bridgehead atoms. The van der Waals surface area contributed by atoms with Gasteiger partial charge in [0.05, 0.1) is 11.3 Å². The number of nitrogens with one attached hydrogen (secondary N) is 2. The van der Waals surface area contributed by atoms with Gasteiger partial charge >= 0.3 is 0 Å². The van der Waals surface area contributed by atoms with Gasteiger partial charge in [-0.25, -0.2) is 8.78 Å². The average molecular weight is 399 g/mol. The van der Waals surface area contributed by atoms with Gasteiger partial charge in [-0.3, -0.25) is 4.79 Å². The molecule has 1 aliphatic heterocycles. The van der Waals surface area contributed by atoms with Gasteiger partial charge in [-0.2, -0.15) is 0 Å². The van der Waals surface area contributed by atoms with Crippen LogP contribution in [0.5, 0.6) is 0 Å². The highest BCUT2D eigenvalue weighted by Crippen LogP contribution is 2.41. The zero-order valence-electron chi connectivity index (χ0n) is 16.8. The summed E-state index contributed by atoms with van der Waals surface area (Å²) in [5.41, 5.74) is 1.35. The lowest BCUT2D eigenvalue weighted by Gasteiger charge is -2.41. The minimum Gasteiger partial charge on any atom is -0.368 e. The monoisotopic (exact) mass is 399 g/mol.